The van der Waals surface area contributed by atoms with Crippen molar-refractivity contribution in [1.82, 2.24) is 10.6 Å². The molecule has 4 nitrogen and oxygen atoms in total. The second-order valence-corrected chi connectivity index (χ2v) is 6.39. The topological polar surface area (TPSA) is 50.4 Å². The average molecular weight is 288 g/mol. The molecule has 3 atom stereocenters. The lowest BCUT2D eigenvalue weighted by molar-refractivity contribution is -0.123. The maximum absolute atomic E-state index is 11.9. The van der Waals surface area contributed by atoms with Crippen molar-refractivity contribution in [3.05, 3.63) is 0 Å². The minimum atomic E-state index is -0.104. The second kappa shape index (κ2) is 9.61. The lowest BCUT2D eigenvalue weighted by Gasteiger charge is -2.30. The molecule has 0 aromatic carbocycles. The Labute approximate surface area is 121 Å². The molecule has 112 valence electrons. The van der Waals surface area contributed by atoms with E-state index < -0.39 is 0 Å². The Kier molecular flexibility index (Phi) is 8.50. The van der Waals surface area contributed by atoms with Gasteiger partial charge in [-0.1, -0.05) is 6.42 Å². The summed E-state index contributed by atoms with van der Waals surface area (Å²) in [6.45, 7) is 3.34. The van der Waals surface area contributed by atoms with Crippen LogP contribution in [0.4, 0.5) is 0 Å². The van der Waals surface area contributed by atoms with Gasteiger partial charge in [0.2, 0.25) is 5.91 Å². The van der Waals surface area contributed by atoms with Gasteiger partial charge in [0.15, 0.2) is 0 Å². The zero-order chi connectivity index (χ0) is 14.1. The van der Waals surface area contributed by atoms with Gasteiger partial charge in [0.25, 0.3) is 0 Å². The number of carbonyl (C=O) groups is 1. The first kappa shape index (κ1) is 16.8. The van der Waals surface area contributed by atoms with Gasteiger partial charge in [0, 0.05) is 31.6 Å². The second-order valence-electron chi connectivity index (χ2n) is 5.25. The number of amides is 1. The molecule has 0 heterocycles. The number of thioether (sulfide) groups is 1. The Morgan fingerprint density at radius 2 is 2.26 bits per heavy atom. The summed E-state index contributed by atoms with van der Waals surface area (Å²) in [5.74, 6) is 0.0994. The fourth-order valence-corrected chi connectivity index (χ4v) is 3.35. The van der Waals surface area contributed by atoms with Crippen LogP contribution in [0.1, 0.15) is 39.0 Å². The van der Waals surface area contributed by atoms with Crippen molar-refractivity contribution in [2.75, 3.05) is 26.5 Å². The van der Waals surface area contributed by atoms with E-state index in [0.717, 1.165) is 11.7 Å². The highest BCUT2D eigenvalue weighted by Crippen LogP contribution is 2.27. The molecule has 1 aliphatic rings. The van der Waals surface area contributed by atoms with Crippen molar-refractivity contribution in [3.8, 4) is 0 Å². The molecule has 19 heavy (non-hydrogen) atoms. The molecule has 2 N–H and O–H groups in total. The van der Waals surface area contributed by atoms with Crippen LogP contribution in [0.3, 0.4) is 0 Å². The Morgan fingerprint density at radius 1 is 1.47 bits per heavy atom. The zero-order valence-electron chi connectivity index (χ0n) is 12.4. The summed E-state index contributed by atoms with van der Waals surface area (Å²) in [6, 6.07) is 0.388. The third-order valence-corrected chi connectivity index (χ3v) is 4.76. The fourth-order valence-electron chi connectivity index (χ4n) is 2.52. The minimum absolute atomic E-state index is 0.0994. The van der Waals surface area contributed by atoms with Crippen LogP contribution in [0.25, 0.3) is 0 Å². The summed E-state index contributed by atoms with van der Waals surface area (Å²) >= 11 is 1.95. The molecule has 1 aliphatic carbocycles. The van der Waals surface area contributed by atoms with Crippen molar-refractivity contribution in [3.63, 3.8) is 0 Å². The number of carbonyl (C=O) groups excluding carboxylic acids is 1. The SMILES string of the molecule is COCCCNC(=O)C(C)NC1CCCC(SC)C1. The molecule has 0 radical (unpaired) electrons. The van der Waals surface area contributed by atoms with Crippen LogP contribution in [0.2, 0.25) is 0 Å². The molecule has 0 spiro atoms. The number of rotatable bonds is 8. The van der Waals surface area contributed by atoms with E-state index in [2.05, 4.69) is 16.9 Å². The lowest BCUT2D eigenvalue weighted by atomic mass is 9.94. The Morgan fingerprint density at radius 3 is 2.95 bits per heavy atom. The van der Waals surface area contributed by atoms with E-state index in [0.29, 0.717) is 19.2 Å². The van der Waals surface area contributed by atoms with Crippen LogP contribution in [-0.4, -0.2) is 49.8 Å². The van der Waals surface area contributed by atoms with E-state index in [1.807, 2.05) is 18.7 Å². The van der Waals surface area contributed by atoms with Crippen LogP contribution >= 0.6 is 11.8 Å². The maximum Gasteiger partial charge on any atom is 0.236 e. The summed E-state index contributed by atoms with van der Waals surface area (Å²) in [5.41, 5.74) is 0. The van der Waals surface area contributed by atoms with Crippen LogP contribution < -0.4 is 10.6 Å². The van der Waals surface area contributed by atoms with Gasteiger partial charge in [-0.3, -0.25) is 4.79 Å². The Bertz CT molecular complexity index is 264. The van der Waals surface area contributed by atoms with Crippen molar-refractivity contribution in [1.29, 1.82) is 0 Å². The first-order chi connectivity index (χ1) is 9.17. The summed E-state index contributed by atoms with van der Waals surface area (Å²) in [5, 5.41) is 7.17. The predicted molar refractivity (Wildman–Crippen MR) is 81.7 cm³/mol. The van der Waals surface area contributed by atoms with Gasteiger partial charge in [-0.25, -0.2) is 0 Å². The average Bonchev–Trinajstić information content (AvgIpc) is 2.43. The van der Waals surface area contributed by atoms with Gasteiger partial charge >= 0.3 is 0 Å². The fraction of sp³-hybridized carbons (Fsp3) is 0.929. The van der Waals surface area contributed by atoms with Crippen LogP contribution in [-0.2, 0) is 9.53 Å². The van der Waals surface area contributed by atoms with Crippen LogP contribution in [0.15, 0.2) is 0 Å². The zero-order valence-corrected chi connectivity index (χ0v) is 13.2. The number of hydrogen-bond donors (Lipinski definition) is 2. The van der Waals surface area contributed by atoms with E-state index in [-0.39, 0.29) is 11.9 Å². The van der Waals surface area contributed by atoms with E-state index in [1.165, 1.54) is 25.7 Å². The monoisotopic (exact) mass is 288 g/mol. The Hall–Kier alpha value is -0.260. The van der Waals surface area contributed by atoms with Crippen molar-refractivity contribution < 1.29 is 9.53 Å². The quantitative estimate of drug-likeness (QED) is 0.669. The number of ether oxygens (including phenoxy) is 1. The number of nitrogens with one attached hydrogen (secondary N) is 2. The van der Waals surface area contributed by atoms with Gasteiger partial charge in [0.05, 0.1) is 6.04 Å². The predicted octanol–water partition coefficient (Wildman–Crippen LogP) is 1.79. The summed E-state index contributed by atoms with van der Waals surface area (Å²) in [4.78, 5) is 11.9. The van der Waals surface area contributed by atoms with E-state index in [9.17, 15) is 4.79 Å². The highest BCUT2D eigenvalue weighted by molar-refractivity contribution is 7.99. The first-order valence-corrected chi connectivity index (χ1v) is 8.51. The third-order valence-electron chi connectivity index (χ3n) is 3.66. The van der Waals surface area contributed by atoms with Gasteiger partial charge in [0.1, 0.15) is 0 Å². The van der Waals surface area contributed by atoms with Crippen LogP contribution in [0.5, 0.6) is 0 Å². The van der Waals surface area contributed by atoms with Crippen LogP contribution in [0, 0.1) is 0 Å². The molecule has 0 aliphatic heterocycles. The molecular weight excluding hydrogens is 260 g/mol. The van der Waals surface area contributed by atoms with E-state index in [4.69, 9.17) is 4.74 Å². The molecule has 0 aromatic rings. The minimum Gasteiger partial charge on any atom is -0.385 e. The molecule has 0 aromatic heterocycles. The highest BCUT2D eigenvalue weighted by atomic mass is 32.2. The Balaban J connectivity index is 2.21. The van der Waals surface area contributed by atoms with Gasteiger partial charge in [-0.15, -0.1) is 0 Å². The first-order valence-electron chi connectivity index (χ1n) is 7.22. The van der Waals surface area contributed by atoms with Gasteiger partial charge in [-0.2, -0.15) is 11.8 Å². The summed E-state index contributed by atoms with van der Waals surface area (Å²) < 4.78 is 4.96. The highest BCUT2D eigenvalue weighted by Gasteiger charge is 2.24. The van der Waals surface area contributed by atoms with Crippen molar-refractivity contribution in [2.24, 2.45) is 0 Å². The standard InChI is InChI=1S/C14H28N2O2S/c1-11(14(17)15-8-5-9-18-2)16-12-6-4-7-13(10-12)19-3/h11-13,16H,4-10H2,1-3H3,(H,15,17). The van der Waals surface area contributed by atoms with Crippen molar-refractivity contribution in [2.45, 2.75) is 56.4 Å². The van der Waals surface area contributed by atoms with Gasteiger partial charge < -0.3 is 15.4 Å². The summed E-state index contributed by atoms with van der Waals surface area (Å²) in [6.07, 6.45) is 8.01. The lowest BCUT2D eigenvalue weighted by Crippen LogP contribution is -2.48. The van der Waals surface area contributed by atoms with Gasteiger partial charge in [-0.05, 0) is 38.9 Å². The molecule has 0 saturated heterocycles. The molecule has 1 rings (SSSR count). The molecular formula is C14H28N2O2S. The largest absolute Gasteiger partial charge is 0.385 e. The summed E-state index contributed by atoms with van der Waals surface area (Å²) in [7, 11) is 1.68. The molecule has 1 amide bonds. The third kappa shape index (κ3) is 6.63. The maximum atomic E-state index is 11.9. The van der Waals surface area contributed by atoms with Crippen molar-refractivity contribution >= 4 is 17.7 Å². The molecule has 0 bridgehead atoms. The normalized spacial score (nSPS) is 25.0. The molecule has 1 saturated carbocycles. The van der Waals surface area contributed by atoms with E-state index >= 15 is 0 Å². The number of methoxy groups -OCH3 is 1. The molecule has 5 heteroatoms. The number of hydrogen-bond acceptors (Lipinski definition) is 4. The van der Waals surface area contributed by atoms with E-state index in [1.54, 1.807) is 7.11 Å². The smallest absolute Gasteiger partial charge is 0.236 e. The molecule has 1 fully saturated rings. The molecule has 3 unspecified atom stereocenters.